The summed E-state index contributed by atoms with van der Waals surface area (Å²) in [6.45, 7) is 13.0. The maximum Gasteiger partial charge on any atom is 0.410 e. The summed E-state index contributed by atoms with van der Waals surface area (Å²) in [4.78, 5) is 45.9. The molecule has 2 unspecified atom stereocenters. The van der Waals surface area contributed by atoms with Gasteiger partial charge >= 0.3 is 6.09 Å². The Bertz CT molecular complexity index is 2090. The predicted octanol–water partition coefficient (Wildman–Crippen LogP) is 5.93. The van der Waals surface area contributed by atoms with Gasteiger partial charge in [0.25, 0.3) is 0 Å². The molecule has 2 aromatic carbocycles. The Kier molecular flexibility index (Phi) is 7.60. The van der Waals surface area contributed by atoms with Gasteiger partial charge in [0.05, 0.1) is 39.6 Å². The van der Waals surface area contributed by atoms with E-state index in [-0.39, 0.29) is 27.5 Å². The number of ether oxygens (including phenoxy) is 1. The van der Waals surface area contributed by atoms with Gasteiger partial charge in [-0.1, -0.05) is 24.3 Å². The molecule has 0 spiro atoms. The van der Waals surface area contributed by atoms with E-state index in [0.717, 1.165) is 19.3 Å². The highest BCUT2D eigenvalue weighted by Gasteiger charge is 2.53. The SMILES string of the molecule is CC(C)(C)OC(=O)N1CCCC1c1ncc(-c2ccc3c(c2)S(=O)(=O)c2cc(-c4cnc(C5(C(N)=O)CCCN5C(C)(C)C)[nH]4)ccc2-3)[nH]1. The second-order valence-corrected chi connectivity index (χ2v) is 17.1. The van der Waals surface area contributed by atoms with E-state index in [0.29, 0.717) is 64.8 Å². The number of nitrogens with one attached hydrogen (secondary N) is 2. The van der Waals surface area contributed by atoms with Crippen LogP contribution in [0.5, 0.6) is 0 Å². The van der Waals surface area contributed by atoms with E-state index < -0.39 is 26.9 Å². The Morgan fingerprint density at radius 3 is 2.10 bits per heavy atom. The molecule has 0 aliphatic carbocycles. The van der Waals surface area contributed by atoms with Gasteiger partial charge in [-0.3, -0.25) is 14.6 Å². The van der Waals surface area contributed by atoms with Crippen molar-refractivity contribution in [3.63, 3.8) is 0 Å². The fraction of sp³-hybridized carbons (Fsp3) is 0.444. The molecule has 2 fully saturated rings. The summed E-state index contributed by atoms with van der Waals surface area (Å²) in [5.74, 6) is 0.635. The lowest BCUT2D eigenvalue weighted by Crippen LogP contribution is -2.58. The molecular weight excluding hydrogens is 643 g/mol. The molecule has 258 valence electrons. The highest BCUT2D eigenvalue weighted by Crippen LogP contribution is 2.47. The highest BCUT2D eigenvalue weighted by atomic mass is 32.2. The first-order valence-corrected chi connectivity index (χ1v) is 18.2. The minimum absolute atomic E-state index is 0.208. The Hall–Kier alpha value is -4.49. The zero-order valence-electron chi connectivity index (χ0n) is 28.8. The number of primary amides is 1. The first-order chi connectivity index (χ1) is 23.0. The fourth-order valence-electron chi connectivity index (χ4n) is 7.65. The van der Waals surface area contributed by atoms with Gasteiger partial charge < -0.3 is 20.4 Å². The first-order valence-electron chi connectivity index (χ1n) is 16.7. The molecule has 2 saturated heterocycles. The summed E-state index contributed by atoms with van der Waals surface area (Å²) >= 11 is 0. The normalized spacial score (nSPS) is 21.9. The molecule has 5 heterocycles. The lowest BCUT2D eigenvalue weighted by atomic mass is 9.90. The van der Waals surface area contributed by atoms with Crippen molar-refractivity contribution >= 4 is 21.8 Å². The Balaban J connectivity index is 1.17. The largest absolute Gasteiger partial charge is 0.444 e. The summed E-state index contributed by atoms with van der Waals surface area (Å²) in [5.41, 5.74) is 7.85. The lowest BCUT2D eigenvalue weighted by Gasteiger charge is -2.43. The summed E-state index contributed by atoms with van der Waals surface area (Å²) in [5, 5.41) is 0. The van der Waals surface area contributed by atoms with Crippen molar-refractivity contribution in [2.75, 3.05) is 13.1 Å². The van der Waals surface area contributed by atoms with Crippen molar-refractivity contribution in [1.29, 1.82) is 0 Å². The zero-order valence-corrected chi connectivity index (χ0v) is 29.6. The number of carbonyl (C=O) groups excluding carboxylic acids is 2. The van der Waals surface area contributed by atoms with Gasteiger partial charge in [0.15, 0.2) is 5.54 Å². The van der Waals surface area contributed by atoms with Crippen molar-refractivity contribution in [1.82, 2.24) is 29.7 Å². The topological polar surface area (TPSA) is 167 Å². The van der Waals surface area contributed by atoms with Crippen LogP contribution in [0.15, 0.2) is 58.6 Å². The minimum atomic E-state index is -3.86. The van der Waals surface area contributed by atoms with E-state index in [1.807, 2.05) is 45.0 Å². The molecule has 49 heavy (non-hydrogen) atoms. The maximum atomic E-state index is 14.0. The number of benzene rings is 2. The molecule has 13 heteroatoms. The monoisotopic (exact) mass is 685 g/mol. The van der Waals surface area contributed by atoms with E-state index in [2.05, 4.69) is 45.6 Å². The van der Waals surface area contributed by atoms with Crippen LogP contribution >= 0.6 is 0 Å². The van der Waals surface area contributed by atoms with Gasteiger partial charge in [0.2, 0.25) is 15.7 Å². The number of rotatable bonds is 5. The van der Waals surface area contributed by atoms with Crippen LogP contribution < -0.4 is 5.73 Å². The fourth-order valence-corrected chi connectivity index (χ4v) is 9.39. The van der Waals surface area contributed by atoms with Crippen LogP contribution in [0.4, 0.5) is 4.79 Å². The number of imidazole rings is 2. The summed E-state index contributed by atoms with van der Waals surface area (Å²) in [6, 6.07) is 10.5. The second kappa shape index (κ2) is 11.3. The molecule has 2 atom stereocenters. The van der Waals surface area contributed by atoms with E-state index in [1.165, 1.54) is 0 Å². The smallest absolute Gasteiger partial charge is 0.410 e. The minimum Gasteiger partial charge on any atom is -0.444 e. The Morgan fingerprint density at radius 2 is 1.51 bits per heavy atom. The van der Waals surface area contributed by atoms with Crippen molar-refractivity contribution in [2.24, 2.45) is 5.73 Å². The Labute approximate surface area is 286 Å². The number of hydrogen-bond donors (Lipinski definition) is 3. The average Bonchev–Trinajstić information content (AvgIpc) is 3.85. The molecule has 0 bridgehead atoms. The number of aromatic nitrogens is 4. The number of H-pyrrole nitrogens is 2. The van der Waals surface area contributed by atoms with Crippen LogP contribution in [0.3, 0.4) is 0 Å². The van der Waals surface area contributed by atoms with Crippen molar-refractivity contribution < 1.29 is 22.7 Å². The molecule has 2 amide bonds. The molecule has 4 aromatic rings. The summed E-state index contributed by atoms with van der Waals surface area (Å²) in [6.07, 6.45) is 5.87. The molecule has 7 rings (SSSR count). The second-order valence-electron chi connectivity index (χ2n) is 15.2. The van der Waals surface area contributed by atoms with Crippen LogP contribution in [0.2, 0.25) is 0 Å². The van der Waals surface area contributed by atoms with Crippen LogP contribution in [0, 0.1) is 0 Å². The van der Waals surface area contributed by atoms with Crippen LogP contribution in [-0.2, 0) is 24.9 Å². The number of hydrogen-bond acceptors (Lipinski definition) is 8. The van der Waals surface area contributed by atoms with Gasteiger partial charge in [-0.15, -0.1) is 0 Å². The Morgan fingerprint density at radius 1 is 0.898 bits per heavy atom. The van der Waals surface area contributed by atoms with Crippen LogP contribution in [0.1, 0.15) is 84.9 Å². The number of likely N-dealkylation sites (tertiary alicyclic amines) is 2. The van der Waals surface area contributed by atoms with Gasteiger partial charge in [-0.25, -0.2) is 23.2 Å². The van der Waals surface area contributed by atoms with Gasteiger partial charge in [-0.2, -0.15) is 0 Å². The number of nitrogens with zero attached hydrogens (tertiary/aromatic N) is 4. The molecule has 3 aliphatic rings. The standard InChI is InChI=1S/C36H43N7O5S/c1-34(2,3)43-16-8-14-36(43,31(37)44)32-39-20-26(41-32)22-11-13-24-23-12-10-21(17-28(23)49(46,47)29(24)18-22)25-19-38-30(40-25)27-9-7-15-42(27)33(45)48-35(4,5)6/h10-13,17-20,27H,7-9,14-16H2,1-6H3,(H2,37,44)(H,38,40)(H,39,41). The number of aromatic amines is 2. The van der Waals surface area contributed by atoms with Gasteiger partial charge in [0.1, 0.15) is 17.2 Å². The number of fused-ring (bicyclic) bond motifs is 3. The molecular formula is C36H43N7O5S. The van der Waals surface area contributed by atoms with Crippen molar-refractivity contribution in [3.05, 3.63) is 60.4 Å². The predicted molar refractivity (Wildman–Crippen MR) is 184 cm³/mol. The van der Waals surface area contributed by atoms with E-state index >= 15 is 0 Å². The number of nitrogens with two attached hydrogens (primary N) is 1. The average molecular weight is 686 g/mol. The number of sulfone groups is 1. The number of amides is 2. The first kappa shape index (κ1) is 33.0. The van der Waals surface area contributed by atoms with Crippen LogP contribution in [0.25, 0.3) is 33.6 Å². The third-order valence-electron chi connectivity index (χ3n) is 9.81. The van der Waals surface area contributed by atoms with Crippen molar-refractivity contribution in [3.8, 4) is 33.6 Å². The molecule has 0 saturated carbocycles. The van der Waals surface area contributed by atoms with Gasteiger partial charge in [0, 0.05) is 40.9 Å². The summed E-state index contributed by atoms with van der Waals surface area (Å²) in [7, 11) is -3.86. The van der Waals surface area contributed by atoms with Gasteiger partial charge in [-0.05, 0) is 79.4 Å². The maximum absolute atomic E-state index is 14.0. The third-order valence-corrected chi connectivity index (χ3v) is 11.6. The molecule has 2 aromatic heterocycles. The molecule has 3 aliphatic heterocycles. The zero-order chi connectivity index (χ0) is 35.1. The highest BCUT2D eigenvalue weighted by molar-refractivity contribution is 7.92. The van der Waals surface area contributed by atoms with E-state index in [1.54, 1.807) is 29.4 Å². The lowest BCUT2D eigenvalue weighted by molar-refractivity contribution is -0.133. The van der Waals surface area contributed by atoms with Crippen LogP contribution in [-0.4, -0.2) is 74.4 Å². The molecule has 4 N–H and O–H groups in total. The molecule has 12 nitrogen and oxygen atoms in total. The molecule has 0 radical (unpaired) electrons. The van der Waals surface area contributed by atoms with E-state index in [9.17, 15) is 18.0 Å². The van der Waals surface area contributed by atoms with Crippen molar-refractivity contribution in [2.45, 2.75) is 99.7 Å². The third kappa shape index (κ3) is 5.43. The number of carbonyl (C=O) groups is 2. The quantitative estimate of drug-likeness (QED) is 0.205. The van der Waals surface area contributed by atoms with E-state index in [4.69, 9.17) is 10.5 Å². The summed E-state index contributed by atoms with van der Waals surface area (Å²) < 4.78 is 33.7.